The van der Waals surface area contributed by atoms with Gasteiger partial charge in [-0.2, -0.15) is 5.10 Å². The SMILES string of the molecule is Clc1cnn(CN2CCC(c3ccccc3)CC2)c1. The van der Waals surface area contributed by atoms with E-state index >= 15 is 0 Å². The van der Waals surface area contributed by atoms with Crippen molar-refractivity contribution in [1.82, 2.24) is 14.7 Å². The Kier molecular flexibility index (Phi) is 3.85. The summed E-state index contributed by atoms with van der Waals surface area (Å²) in [6.45, 7) is 3.09. The van der Waals surface area contributed by atoms with Crippen LogP contribution >= 0.6 is 11.6 Å². The first kappa shape index (κ1) is 12.7. The average molecular weight is 276 g/mol. The number of benzene rings is 1. The molecule has 0 unspecified atom stereocenters. The number of nitrogens with zero attached hydrogens (tertiary/aromatic N) is 3. The van der Waals surface area contributed by atoms with E-state index in [1.807, 2.05) is 10.9 Å². The van der Waals surface area contributed by atoms with E-state index in [1.54, 1.807) is 6.20 Å². The maximum Gasteiger partial charge on any atom is 0.0929 e. The highest BCUT2D eigenvalue weighted by atomic mass is 35.5. The van der Waals surface area contributed by atoms with Crippen LogP contribution in [0.25, 0.3) is 0 Å². The zero-order valence-corrected chi connectivity index (χ0v) is 11.6. The van der Waals surface area contributed by atoms with E-state index in [0.717, 1.165) is 19.8 Å². The van der Waals surface area contributed by atoms with Crippen molar-refractivity contribution in [2.75, 3.05) is 13.1 Å². The first-order valence-electron chi connectivity index (χ1n) is 6.76. The summed E-state index contributed by atoms with van der Waals surface area (Å²) in [5.74, 6) is 0.707. The standard InChI is InChI=1S/C15H18ClN3/c16-15-10-17-19(11-15)12-18-8-6-14(7-9-18)13-4-2-1-3-5-13/h1-5,10-11,14H,6-9,12H2. The highest BCUT2D eigenvalue weighted by molar-refractivity contribution is 6.30. The molecule has 1 aromatic carbocycles. The zero-order valence-electron chi connectivity index (χ0n) is 10.9. The lowest BCUT2D eigenvalue weighted by Gasteiger charge is -2.31. The van der Waals surface area contributed by atoms with E-state index < -0.39 is 0 Å². The second-order valence-corrected chi connectivity index (χ2v) is 5.58. The molecular formula is C15H18ClN3. The lowest BCUT2D eigenvalue weighted by Crippen LogP contribution is -2.34. The molecule has 19 heavy (non-hydrogen) atoms. The van der Waals surface area contributed by atoms with Gasteiger partial charge in [-0.15, -0.1) is 0 Å². The molecule has 100 valence electrons. The molecule has 2 heterocycles. The fourth-order valence-electron chi connectivity index (χ4n) is 2.75. The van der Waals surface area contributed by atoms with Gasteiger partial charge in [-0.25, -0.2) is 0 Å². The van der Waals surface area contributed by atoms with E-state index in [0.29, 0.717) is 10.9 Å². The third-order valence-corrected chi connectivity index (χ3v) is 4.00. The highest BCUT2D eigenvalue weighted by Gasteiger charge is 2.20. The number of rotatable bonds is 3. The van der Waals surface area contributed by atoms with Gasteiger partial charge in [0.15, 0.2) is 0 Å². The molecule has 1 fully saturated rings. The molecule has 0 spiro atoms. The van der Waals surface area contributed by atoms with Gasteiger partial charge in [-0.1, -0.05) is 41.9 Å². The van der Waals surface area contributed by atoms with Crippen molar-refractivity contribution in [3.8, 4) is 0 Å². The molecule has 0 amide bonds. The lowest BCUT2D eigenvalue weighted by molar-refractivity contribution is 0.161. The van der Waals surface area contributed by atoms with Crippen molar-refractivity contribution in [2.24, 2.45) is 0 Å². The van der Waals surface area contributed by atoms with Crippen LogP contribution in [0.2, 0.25) is 5.02 Å². The monoisotopic (exact) mass is 275 g/mol. The third kappa shape index (κ3) is 3.17. The molecule has 1 aromatic heterocycles. The van der Waals surface area contributed by atoms with Gasteiger partial charge in [-0.05, 0) is 24.3 Å². The average Bonchev–Trinajstić information content (AvgIpc) is 2.86. The maximum absolute atomic E-state index is 5.88. The summed E-state index contributed by atoms with van der Waals surface area (Å²) in [5.41, 5.74) is 1.48. The Labute approximate surface area is 118 Å². The van der Waals surface area contributed by atoms with Crippen molar-refractivity contribution < 1.29 is 0 Å². The summed E-state index contributed by atoms with van der Waals surface area (Å²) < 4.78 is 1.91. The summed E-state index contributed by atoms with van der Waals surface area (Å²) in [4.78, 5) is 2.43. The number of hydrogen-bond donors (Lipinski definition) is 0. The molecule has 4 heteroatoms. The van der Waals surface area contributed by atoms with E-state index in [1.165, 1.54) is 18.4 Å². The summed E-state index contributed by atoms with van der Waals surface area (Å²) in [7, 11) is 0. The van der Waals surface area contributed by atoms with Gasteiger partial charge in [0, 0.05) is 19.3 Å². The van der Waals surface area contributed by atoms with Crippen LogP contribution in [0.5, 0.6) is 0 Å². The van der Waals surface area contributed by atoms with E-state index in [-0.39, 0.29) is 0 Å². The van der Waals surface area contributed by atoms with Crippen molar-refractivity contribution in [2.45, 2.75) is 25.4 Å². The third-order valence-electron chi connectivity index (χ3n) is 3.81. The minimum atomic E-state index is 0.707. The molecule has 3 nitrogen and oxygen atoms in total. The highest BCUT2D eigenvalue weighted by Crippen LogP contribution is 2.27. The van der Waals surface area contributed by atoms with Crippen LogP contribution in [0, 0.1) is 0 Å². The van der Waals surface area contributed by atoms with Crippen LogP contribution in [-0.4, -0.2) is 27.8 Å². The summed E-state index contributed by atoms with van der Waals surface area (Å²) in [6.07, 6.45) is 6.02. The van der Waals surface area contributed by atoms with Crippen LogP contribution in [0.1, 0.15) is 24.3 Å². The van der Waals surface area contributed by atoms with Gasteiger partial charge in [0.1, 0.15) is 0 Å². The second-order valence-electron chi connectivity index (χ2n) is 5.14. The topological polar surface area (TPSA) is 21.1 Å². The van der Waals surface area contributed by atoms with Crippen molar-refractivity contribution in [1.29, 1.82) is 0 Å². The van der Waals surface area contributed by atoms with Gasteiger partial charge in [0.2, 0.25) is 0 Å². The molecule has 0 atom stereocenters. The van der Waals surface area contributed by atoms with Gasteiger partial charge in [-0.3, -0.25) is 9.58 Å². The molecule has 1 aliphatic rings. The first-order chi connectivity index (χ1) is 9.31. The number of piperidine rings is 1. The predicted molar refractivity (Wildman–Crippen MR) is 77.2 cm³/mol. The quantitative estimate of drug-likeness (QED) is 0.856. The molecule has 0 aliphatic carbocycles. The largest absolute Gasteiger partial charge is 0.284 e. The number of halogens is 1. The smallest absolute Gasteiger partial charge is 0.0929 e. The maximum atomic E-state index is 5.88. The molecule has 2 aromatic rings. The molecule has 0 bridgehead atoms. The van der Waals surface area contributed by atoms with Gasteiger partial charge in [0.05, 0.1) is 17.9 Å². The number of aromatic nitrogens is 2. The van der Waals surface area contributed by atoms with Gasteiger partial charge < -0.3 is 0 Å². The van der Waals surface area contributed by atoms with Crippen LogP contribution in [0.15, 0.2) is 42.7 Å². The van der Waals surface area contributed by atoms with Crippen molar-refractivity contribution in [3.63, 3.8) is 0 Å². The van der Waals surface area contributed by atoms with Crippen molar-refractivity contribution in [3.05, 3.63) is 53.3 Å². The van der Waals surface area contributed by atoms with Crippen LogP contribution < -0.4 is 0 Å². The number of hydrogen-bond acceptors (Lipinski definition) is 2. The van der Waals surface area contributed by atoms with E-state index in [4.69, 9.17) is 11.6 Å². The predicted octanol–water partition coefficient (Wildman–Crippen LogP) is 3.37. The molecule has 1 aliphatic heterocycles. The van der Waals surface area contributed by atoms with Gasteiger partial charge in [0.25, 0.3) is 0 Å². The Morgan fingerprint density at radius 2 is 1.89 bits per heavy atom. The molecular weight excluding hydrogens is 258 g/mol. The fraction of sp³-hybridized carbons (Fsp3) is 0.400. The first-order valence-corrected chi connectivity index (χ1v) is 7.14. The molecule has 0 N–H and O–H groups in total. The van der Waals surface area contributed by atoms with E-state index in [2.05, 4.69) is 40.3 Å². The minimum Gasteiger partial charge on any atom is -0.284 e. The Hall–Kier alpha value is -1.32. The zero-order chi connectivity index (χ0) is 13.1. The molecule has 3 rings (SSSR count). The normalized spacial score (nSPS) is 17.7. The van der Waals surface area contributed by atoms with Crippen LogP contribution in [0.4, 0.5) is 0 Å². The summed E-state index contributed by atoms with van der Waals surface area (Å²) in [6, 6.07) is 10.8. The van der Waals surface area contributed by atoms with Crippen LogP contribution in [-0.2, 0) is 6.67 Å². The van der Waals surface area contributed by atoms with E-state index in [9.17, 15) is 0 Å². The number of likely N-dealkylation sites (tertiary alicyclic amines) is 1. The minimum absolute atomic E-state index is 0.707. The molecule has 0 radical (unpaired) electrons. The van der Waals surface area contributed by atoms with Crippen LogP contribution in [0.3, 0.4) is 0 Å². The van der Waals surface area contributed by atoms with Gasteiger partial charge >= 0.3 is 0 Å². The fourth-order valence-corrected chi connectivity index (χ4v) is 2.91. The molecule has 1 saturated heterocycles. The molecule has 0 saturated carbocycles. The lowest BCUT2D eigenvalue weighted by atomic mass is 9.90. The summed E-state index contributed by atoms with van der Waals surface area (Å²) >= 11 is 5.88. The Morgan fingerprint density at radius 1 is 1.16 bits per heavy atom. The Morgan fingerprint density at radius 3 is 2.53 bits per heavy atom. The summed E-state index contributed by atoms with van der Waals surface area (Å²) in [5, 5.41) is 4.94. The Bertz CT molecular complexity index is 515. The second kappa shape index (κ2) is 5.76. The Balaban J connectivity index is 1.55. The van der Waals surface area contributed by atoms with Crippen molar-refractivity contribution >= 4 is 11.6 Å².